The van der Waals surface area contributed by atoms with Gasteiger partial charge in [0.2, 0.25) is 0 Å². The highest BCUT2D eigenvalue weighted by atomic mass is 16.5. The molecule has 162 valence electrons. The number of carbonyl (C=O) groups excluding carboxylic acids is 1. The number of rotatable bonds is 8. The first-order chi connectivity index (χ1) is 14.8. The highest BCUT2D eigenvalue weighted by molar-refractivity contribution is 5.94. The van der Waals surface area contributed by atoms with E-state index in [4.69, 9.17) is 9.15 Å². The summed E-state index contributed by atoms with van der Waals surface area (Å²) in [6.07, 6.45) is -0.327. The van der Waals surface area contributed by atoms with Crippen molar-refractivity contribution in [2.75, 3.05) is 0 Å². The number of carboxylic acids is 1. The first-order valence-corrected chi connectivity index (χ1v) is 10.1. The van der Waals surface area contributed by atoms with Gasteiger partial charge in [0, 0.05) is 17.5 Å². The van der Waals surface area contributed by atoms with Gasteiger partial charge in [0.15, 0.2) is 6.10 Å². The molecule has 0 aliphatic rings. The minimum atomic E-state index is -1.09. The molecule has 0 fully saturated rings. The molecule has 3 aromatic rings. The van der Waals surface area contributed by atoms with Crippen molar-refractivity contribution < 1.29 is 23.8 Å². The fourth-order valence-electron chi connectivity index (χ4n) is 3.28. The molecule has 2 aromatic carbocycles. The molecule has 0 spiro atoms. The van der Waals surface area contributed by atoms with Crippen LogP contribution in [0, 0.1) is 5.92 Å². The van der Waals surface area contributed by atoms with Crippen molar-refractivity contribution in [3.05, 3.63) is 65.0 Å². The van der Waals surface area contributed by atoms with Crippen LogP contribution in [0.5, 0.6) is 5.75 Å². The Morgan fingerprint density at radius 1 is 1.10 bits per heavy atom. The maximum atomic E-state index is 12.5. The smallest absolute Gasteiger partial charge is 0.336 e. The lowest BCUT2D eigenvalue weighted by Gasteiger charge is -2.22. The fraction of sp³-hybridized carbons (Fsp3) is 0.292. The molecule has 0 aliphatic heterocycles. The lowest BCUT2D eigenvalue weighted by atomic mass is 9.99. The molecular weight excluding hydrogens is 398 g/mol. The monoisotopic (exact) mass is 423 g/mol. The van der Waals surface area contributed by atoms with Crippen molar-refractivity contribution in [3.8, 4) is 16.9 Å². The molecule has 0 saturated carbocycles. The number of amides is 1. The predicted octanol–water partition coefficient (Wildman–Crippen LogP) is 3.84. The van der Waals surface area contributed by atoms with Gasteiger partial charge in [-0.15, -0.1) is 0 Å². The van der Waals surface area contributed by atoms with Crippen LogP contribution in [0.25, 0.3) is 22.1 Å². The van der Waals surface area contributed by atoms with Gasteiger partial charge in [-0.3, -0.25) is 4.79 Å². The van der Waals surface area contributed by atoms with E-state index in [9.17, 15) is 19.5 Å². The lowest BCUT2D eigenvalue weighted by Crippen LogP contribution is -2.49. The van der Waals surface area contributed by atoms with E-state index in [2.05, 4.69) is 5.32 Å². The number of carbonyl (C=O) groups is 2. The number of ether oxygens (including phenoxy) is 1. The Kier molecular flexibility index (Phi) is 6.74. The second-order valence-electron chi connectivity index (χ2n) is 7.47. The molecular formula is C24H25NO6. The number of fused-ring (bicyclic) bond motifs is 1. The summed E-state index contributed by atoms with van der Waals surface area (Å²) in [5, 5.41) is 12.6. The summed E-state index contributed by atoms with van der Waals surface area (Å²) in [5.74, 6) is -1.51. The van der Waals surface area contributed by atoms with Gasteiger partial charge >= 0.3 is 11.6 Å². The van der Waals surface area contributed by atoms with E-state index in [1.807, 2.05) is 37.3 Å². The molecule has 1 heterocycles. The minimum Gasteiger partial charge on any atom is -0.481 e. The zero-order chi connectivity index (χ0) is 22.5. The van der Waals surface area contributed by atoms with Crippen LogP contribution in [0.2, 0.25) is 0 Å². The Morgan fingerprint density at radius 2 is 1.81 bits per heavy atom. The van der Waals surface area contributed by atoms with Crippen LogP contribution < -0.4 is 15.7 Å². The first kappa shape index (κ1) is 22.1. The summed E-state index contributed by atoms with van der Waals surface area (Å²) in [6, 6.07) is 14.9. The molecule has 0 radical (unpaired) electrons. The number of hydrogen-bond acceptors (Lipinski definition) is 5. The fourth-order valence-corrected chi connectivity index (χ4v) is 3.28. The Bertz CT molecular complexity index is 1140. The molecule has 0 aliphatic carbocycles. The van der Waals surface area contributed by atoms with Crippen molar-refractivity contribution >= 4 is 22.8 Å². The van der Waals surface area contributed by atoms with Gasteiger partial charge in [-0.1, -0.05) is 50.6 Å². The highest BCUT2D eigenvalue weighted by Gasteiger charge is 2.28. The normalized spacial score (nSPS) is 13.9. The second kappa shape index (κ2) is 9.47. The van der Waals surface area contributed by atoms with E-state index in [1.165, 1.54) is 13.0 Å². The second-order valence-corrected chi connectivity index (χ2v) is 7.47. The van der Waals surface area contributed by atoms with Crippen LogP contribution in [-0.4, -0.2) is 29.1 Å². The van der Waals surface area contributed by atoms with E-state index >= 15 is 0 Å². The quantitative estimate of drug-likeness (QED) is 0.533. The molecule has 7 nitrogen and oxygen atoms in total. The summed E-state index contributed by atoms with van der Waals surface area (Å²) in [5.41, 5.74) is 1.46. The molecule has 2 N–H and O–H groups in total. The van der Waals surface area contributed by atoms with Crippen molar-refractivity contribution in [3.63, 3.8) is 0 Å². The molecule has 0 unspecified atom stereocenters. The molecule has 3 atom stereocenters. The standard InChI is InChI=1S/C24H25NO6/c1-4-14(2)22(24(28)29)25-23(27)15(3)30-17-10-11-18-19(16-8-6-5-7-9-16)13-21(26)31-20(18)12-17/h5-15,22H,4H2,1-3H3,(H,25,27)(H,28,29)/t14-,15+,22-/m1/s1. The maximum Gasteiger partial charge on any atom is 0.336 e. The number of benzene rings is 2. The lowest BCUT2D eigenvalue weighted by molar-refractivity contribution is -0.144. The molecule has 7 heteroatoms. The molecule has 0 bridgehead atoms. The third-order valence-electron chi connectivity index (χ3n) is 5.26. The van der Waals surface area contributed by atoms with Crippen molar-refractivity contribution in [1.29, 1.82) is 0 Å². The first-order valence-electron chi connectivity index (χ1n) is 10.1. The van der Waals surface area contributed by atoms with Crippen LogP contribution >= 0.6 is 0 Å². The Morgan fingerprint density at radius 3 is 2.45 bits per heavy atom. The third kappa shape index (κ3) is 5.12. The zero-order valence-electron chi connectivity index (χ0n) is 17.6. The summed E-state index contributed by atoms with van der Waals surface area (Å²) < 4.78 is 11.0. The van der Waals surface area contributed by atoms with Gasteiger partial charge < -0.3 is 19.6 Å². The van der Waals surface area contributed by atoms with Crippen molar-refractivity contribution in [2.24, 2.45) is 5.92 Å². The van der Waals surface area contributed by atoms with Gasteiger partial charge in [-0.2, -0.15) is 0 Å². The Hall–Kier alpha value is -3.61. The topological polar surface area (TPSA) is 106 Å². The average molecular weight is 423 g/mol. The van der Waals surface area contributed by atoms with Crippen LogP contribution in [-0.2, 0) is 9.59 Å². The van der Waals surface area contributed by atoms with E-state index in [0.29, 0.717) is 17.8 Å². The SMILES string of the molecule is CC[C@@H](C)[C@@H](NC(=O)[C@H](C)Oc1ccc2c(-c3ccccc3)cc(=O)oc2c1)C(=O)O. The van der Waals surface area contributed by atoms with Gasteiger partial charge in [0.25, 0.3) is 5.91 Å². The number of carboxylic acid groups (broad SMARTS) is 1. The maximum absolute atomic E-state index is 12.5. The van der Waals surface area contributed by atoms with Crippen LogP contribution in [0.15, 0.2) is 63.8 Å². The minimum absolute atomic E-state index is 0.222. The average Bonchev–Trinajstić information content (AvgIpc) is 2.76. The van der Waals surface area contributed by atoms with E-state index in [-0.39, 0.29) is 5.92 Å². The van der Waals surface area contributed by atoms with Crippen LogP contribution in [0.4, 0.5) is 0 Å². The summed E-state index contributed by atoms with van der Waals surface area (Å²) in [4.78, 5) is 36.0. The number of nitrogens with one attached hydrogen (secondary N) is 1. The zero-order valence-corrected chi connectivity index (χ0v) is 17.6. The largest absolute Gasteiger partial charge is 0.481 e. The summed E-state index contributed by atoms with van der Waals surface area (Å²) >= 11 is 0. The van der Waals surface area contributed by atoms with Gasteiger partial charge in [-0.05, 0) is 36.1 Å². The Labute approximate surface area is 179 Å². The van der Waals surface area contributed by atoms with E-state index < -0.39 is 29.6 Å². The van der Waals surface area contributed by atoms with Crippen LogP contribution in [0.1, 0.15) is 27.2 Å². The Balaban J connectivity index is 1.83. The third-order valence-corrected chi connectivity index (χ3v) is 5.26. The number of hydrogen-bond donors (Lipinski definition) is 2. The molecule has 3 rings (SSSR count). The molecule has 1 amide bonds. The van der Waals surface area contributed by atoms with Gasteiger partial charge in [0.05, 0.1) is 0 Å². The van der Waals surface area contributed by atoms with Crippen molar-refractivity contribution in [1.82, 2.24) is 5.32 Å². The highest BCUT2D eigenvalue weighted by Crippen LogP contribution is 2.29. The van der Waals surface area contributed by atoms with Gasteiger partial charge in [0.1, 0.15) is 17.4 Å². The molecule has 1 aromatic heterocycles. The van der Waals surface area contributed by atoms with Crippen molar-refractivity contribution in [2.45, 2.75) is 39.3 Å². The number of aliphatic carboxylic acids is 1. The van der Waals surface area contributed by atoms with Gasteiger partial charge in [-0.25, -0.2) is 9.59 Å². The predicted molar refractivity (Wildman–Crippen MR) is 117 cm³/mol. The van der Waals surface area contributed by atoms with Crippen LogP contribution in [0.3, 0.4) is 0 Å². The summed E-state index contributed by atoms with van der Waals surface area (Å²) in [6.45, 7) is 5.16. The summed E-state index contributed by atoms with van der Waals surface area (Å²) in [7, 11) is 0. The van der Waals surface area contributed by atoms with E-state index in [0.717, 1.165) is 16.5 Å². The van der Waals surface area contributed by atoms with E-state index in [1.54, 1.807) is 25.1 Å². The molecule has 31 heavy (non-hydrogen) atoms. The molecule has 0 saturated heterocycles.